The first-order chi connectivity index (χ1) is 11.2. The molecular weight excluding hydrogens is 290 g/mol. The molecule has 1 aromatic heterocycles. The standard InChI is InChI=1S/C19H15NO3/c1-22-16-10-7-14(8-11-16)9-12-19-20-18(21)13-17(23-19)15-5-3-2-4-6-15/h2-13H,1H3/b12-9+. The molecule has 0 aliphatic rings. The molecule has 4 nitrogen and oxygen atoms in total. The number of aromatic nitrogens is 1. The lowest BCUT2D eigenvalue weighted by atomic mass is 10.2. The Morgan fingerprint density at radius 3 is 2.43 bits per heavy atom. The van der Waals surface area contributed by atoms with Gasteiger partial charge in [0.25, 0.3) is 5.56 Å². The highest BCUT2D eigenvalue weighted by Crippen LogP contribution is 2.19. The quantitative estimate of drug-likeness (QED) is 0.734. The van der Waals surface area contributed by atoms with Crippen LogP contribution in [0.5, 0.6) is 5.75 Å². The Labute approximate surface area is 133 Å². The molecule has 3 rings (SSSR count). The first-order valence-electron chi connectivity index (χ1n) is 7.14. The highest BCUT2D eigenvalue weighted by atomic mass is 16.5. The molecule has 0 atom stereocenters. The van der Waals surface area contributed by atoms with E-state index >= 15 is 0 Å². The van der Waals surface area contributed by atoms with Gasteiger partial charge in [-0.05, 0) is 23.8 Å². The minimum Gasteiger partial charge on any atom is -0.497 e. The summed E-state index contributed by atoms with van der Waals surface area (Å²) in [6, 6.07) is 18.4. The van der Waals surface area contributed by atoms with E-state index < -0.39 is 0 Å². The summed E-state index contributed by atoms with van der Waals surface area (Å²) in [5, 5.41) is 0. The molecule has 2 aromatic carbocycles. The molecule has 0 spiro atoms. The molecular formula is C19H15NO3. The maximum Gasteiger partial charge on any atom is 0.276 e. The molecule has 114 valence electrons. The SMILES string of the molecule is COc1ccc(/C=C/c2nc(=O)cc(-c3ccccc3)o2)cc1. The van der Waals surface area contributed by atoms with Gasteiger partial charge in [0.1, 0.15) is 11.5 Å². The lowest BCUT2D eigenvalue weighted by molar-refractivity contribution is 0.415. The fraction of sp³-hybridized carbons (Fsp3) is 0.0526. The van der Waals surface area contributed by atoms with Crippen LogP contribution in [0.4, 0.5) is 0 Å². The predicted octanol–water partition coefficient (Wildman–Crippen LogP) is 3.88. The lowest BCUT2D eigenvalue weighted by Gasteiger charge is -2.01. The van der Waals surface area contributed by atoms with E-state index in [2.05, 4.69) is 4.98 Å². The number of methoxy groups -OCH3 is 1. The predicted molar refractivity (Wildman–Crippen MR) is 90.1 cm³/mol. The average molecular weight is 305 g/mol. The summed E-state index contributed by atoms with van der Waals surface area (Å²) in [4.78, 5) is 15.6. The van der Waals surface area contributed by atoms with E-state index in [4.69, 9.17) is 9.15 Å². The number of rotatable bonds is 4. The zero-order chi connectivity index (χ0) is 16.1. The lowest BCUT2D eigenvalue weighted by Crippen LogP contribution is -2.05. The summed E-state index contributed by atoms with van der Waals surface area (Å²) in [5.74, 6) is 1.56. The number of hydrogen-bond acceptors (Lipinski definition) is 4. The molecule has 0 amide bonds. The molecule has 0 bridgehead atoms. The van der Waals surface area contributed by atoms with Gasteiger partial charge in [0, 0.05) is 17.7 Å². The monoisotopic (exact) mass is 305 g/mol. The van der Waals surface area contributed by atoms with E-state index in [0.29, 0.717) is 5.76 Å². The number of ether oxygens (including phenoxy) is 1. The second kappa shape index (κ2) is 6.75. The van der Waals surface area contributed by atoms with Crippen LogP contribution in [0, 0.1) is 0 Å². The maximum atomic E-state index is 11.8. The number of hydrogen-bond donors (Lipinski definition) is 0. The zero-order valence-electron chi connectivity index (χ0n) is 12.6. The molecule has 3 aromatic rings. The normalized spacial score (nSPS) is 10.8. The Hall–Kier alpha value is -3.14. The first kappa shape index (κ1) is 14.8. The van der Waals surface area contributed by atoms with Gasteiger partial charge in [0.15, 0.2) is 0 Å². The zero-order valence-corrected chi connectivity index (χ0v) is 12.6. The third kappa shape index (κ3) is 3.74. The molecule has 0 radical (unpaired) electrons. The van der Waals surface area contributed by atoms with Gasteiger partial charge in [-0.3, -0.25) is 4.79 Å². The summed E-state index contributed by atoms with van der Waals surface area (Å²) in [6.45, 7) is 0. The topological polar surface area (TPSA) is 52.3 Å². The van der Waals surface area contributed by atoms with Crippen molar-refractivity contribution < 1.29 is 9.15 Å². The minimum absolute atomic E-state index is 0.271. The third-order valence-electron chi connectivity index (χ3n) is 3.28. The molecule has 0 N–H and O–H groups in total. The molecule has 0 aliphatic carbocycles. The van der Waals surface area contributed by atoms with Crippen molar-refractivity contribution in [2.75, 3.05) is 7.11 Å². The molecule has 0 fully saturated rings. The van der Waals surface area contributed by atoms with Crippen LogP contribution in [0.3, 0.4) is 0 Å². The van der Waals surface area contributed by atoms with E-state index in [1.807, 2.05) is 60.7 Å². The van der Waals surface area contributed by atoms with Crippen molar-refractivity contribution in [3.63, 3.8) is 0 Å². The molecule has 23 heavy (non-hydrogen) atoms. The summed E-state index contributed by atoms with van der Waals surface area (Å²) in [7, 11) is 1.62. The summed E-state index contributed by atoms with van der Waals surface area (Å²) in [5.41, 5.74) is 1.47. The second-order valence-electron chi connectivity index (χ2n) is 4.87. The first-order valence-corrected chi connectivity index (χ1v) is 7.14. The summed E-state index contributed by atoms with van der Waals surface area (Å²) in [6.07, 6.45) is 3.51. The van der Waals surface area contributed by atoms with Crippen LogP contribution < -0.4 is 10.3 Å². The minimum atomic E-state index is -0.329. The summed E-state index contributed by atoms with van der Waals surface area (Å²) >= 11 is 0. The van der Waals surface area contributed by atoms with Gasteiger partial charge < -0.3 is 9.15 Å². The van der Waals surface area contributed by atoms with Crippen molar-refractivity contribution in [2.24, 2.45) is 0 Å². The van der Waals surface area contributed by atoms with Gasteiger partial charge in [-0.25, -0.2) is 0 Å². The van der Waals surface area contributed by atoms with Crippen molar-refractivity contribution in [1.82, 2.24) is 4.98 Å². The Balaban J connectivity index is 1.89. The molecule has 0 saturated heterocycles. The van der Waals surface area contributed by atoms with E-state index in [0.717, 1.165) is 16.9 Å². The van der Waals surface area contributed by atoms with Gasteiger partial charge in [-0.1, -0.05) is 42.5 Å². The van der Waals surface area contributed by atoms with Crippen LogP contribution in [0.25, 0.3) is 23.5 Å². The van der Waals surface area contributed by atoms with Gasteiger partial charge in [0.05, 0.1) is 7.11 Å². The number of benzene rings is 2. The molecule has 4 heteroatoms. The van der Waals surface area contributed by atoms with Crippen molar-refractivity contribution in [2.45, 2.75) is 0 Å². The Morgan fingerprint density at radius 1 is 1.00 bits per heavy atom. The van der Waals surface area contributed by atoms with Gasteiger partial charge in [-0.15, -0.1) is 0 Å². The van der Waals surface area contributed by atoms with Crippen molar-refractivity contribution >= 4 is 12.2 Å². The third-order valence-corrected chi connectivity index (χ3v) is 3.28. The van der Waals surface area contributed by atoms with Crippen molar-refractivity contribution in [3.05, 3.63) is 82.5 Å². The van der Waals surface area contributed by atoms with Crippen LogP contribution in [0.1, 0.15) is 11.5 Å². The van der Waals surface area contributed by atoms with Crippen LogP contribution in [0.15, 0.2) is 69.9 Å². The highest BCUT2D eigenvalue weighted by Gasteiger charge is 2.04. The van der Waals surface area contributed by atoms with Crippen molar-refractivity contribution in [1.29, 1.82) is 0 Å². The van der Waals surface area contributed by atoms with Crippen LogP contribution in [-0.4, -0.2) is 12.1 Å². The molecule has 0 aliphatic heterocycles. The van der Waals surface area contributed by atoms with Gasteiger partial charge >= 0.3 is 0 Å². The molecule has 1 heterocycles. The summed E-state index contributed by atoms with van der Waals surface area (Å²) < 4.78 is 10.8. The fourth-order valence-corrected chi connectivity index (χ4v) is 2.12. The highest BCUT2D eigenvalue weighted by molar-refractivity contribution is 5.67. The second-order valence-corrected chi connectivity index (χ2v) is 4.87. The van der Waals surface area contributed by atoms with Crippen LogP contribution in [0.2, 0.25) is 0 Å². The van der Waals surface area contributed by atoms with E-state index in [1.165, 1.54) is 6.07 Å². The van der Waals surface area contributed by atoms with E-state index in [1.54, 1.807) is 13.2 Å². The van der Waals surface area contributed by atoms with E-state index in [9.17, 15) is 4.79 Å². The fourth-order valence-electron chi connectivity index (χ4n) is 2.12. The average Bonchev–Trinajstić information content (AvgIpc) is 2.61. The van der Waals surface area contributed by atoms with E-state index in [-0.39, 0.29) is 11.4 Å². The molecule has 0 saturated carbocycles. The Kier molecular flexibility index (Phi) is 4.34. The largest absolute Gasteiger partial charge is 0.497 e. The van der Waals surface area contributed by atoms with Crippen LogP contribution >= 0.6 is 0 Å². The smallest absolute Gasteiger partial charge is 0.276 e. The number of nitrogens with zero attached hydrogens (tertiary/aromatic N) is 1. The van der Waals surface area contributed by atoms with Crippen LogP contribution in [-0.2, 0) is 0 Å². The van der Waals surface area contributed by atoms with Gasteiger partial charge in [-0.2, -0.15) is 4.98 Å². The van der Waals surface area contributed by atoms with Gasteiger partial charge in [0.2, 0.25) is 5.89 Å². The molecule has 0 unspecified atom stereocenters. The Bertz CT molecular complexity index is 865. The van der Waals surface area contributed by atoms with Crippen molar-refractivity contribution in [3.8, 4) is 17.1 Å². The maximum absolute atomic E-state index is 11.8. The Morgan fingerprint density at radius 2 is 1.74 bits per heavy atom.